The van der Waals surface area contributed by atoms with Crippen molar-refractivity contribution in [3.05, 3.63) is 59.4 Å². The zero-order valence-electron chi connectivity index (χ0n) is 12.2. The fourth-order valence-electron chi connectivity index (χ4n) is 2.55. The van der Waals surface area contributed by atoms with Gasteiger partial charge in [-0.05, 0) is 17.7 Å². The topological polar surface area (TPSA) is 91.7 Å². The summed E-state index contributed by atoms with van der Waals surface area (Å²) in [5, 5.41) is 18.8. The lowest BCUT2D eigenvalue weighted by atomic mass is 9.82. The molecule has 1 aromatic rings. The van der Waals surface area contributed by atoms with Crippen LogP contribution in [0.25, 0.3) is 0 Å². The summed E-state index contributed by atoms with van der Waals surface area (Å²) in [4.78, 5) is 23.1. The van der Waals surface area contributed by atoms with Crippen molar-refractivity contribution < 1.29 is 28.4 Å². The van der Waals surface area contributed by atoms with Crippen LogP contribution in [0.2, 0.25) is 0 Å². The number of halogens is 1. The Balaban J connectivity index is 2.38. The van der Waals surface area contributed by atoms with Gasteiger partial charge >= 0.3 is 11.9 Å². The molecular formula is C16H15FO5S. The van der Waals surface area contributed by atoms with Crippen LogP contribution in [0.1, 0.15) is 12.5 Å². The van der Waals surface area contributed by atoms with Gasteiger partial charge in [0.05, 0.1) is 5.75 Å². The van der Waals surface area contributed by atoms with Gasteiger partial charge in [0.15, 0.2) is 4.75 Å². The number of carboxylic acid groups (broad SMARTS) is 2. The molecule has 1 aliphatic rings. The van der Waals surface area contributed by atoms with Gasteiger partial charge in [0.1, 0.15) is 5.82 Å². The Kier molecular flexibility index (Phi) is 4.79. The van der Waals surface area contributed by atoms with E-state index in [0.29, 0.717) is 5.56 Å². The molecule has 2 rings (SSSR count). The second-order valence-corrected chi connectivity index (χ2v) is 6.88. The Morgan fingerprint density at radius 3 is 2.39 bits per heavy atom. The maximum Gasteiger partial charge on any atom is 0.331 e. The molecule has 0 bridgehead atoms. The predicted molar refractivity (Wildman–Crippen MR) is 82.6 cm³/mol. The van der Waals surface area contributed by atoms with Crippen LogP contribution in [-0.4, -0.2) is 31.1 Å². The molecule has 0 heterocycles. The second kappa shape index (κ2) is 6.45. The highest BCUT2D eigenvalue weighted by Gasteiger charge is 2.50. The molecule has 1 aliphatic carbocycles. The predicted octanol–water partition coefficient (Wildman–Crippen LogP) is 2.11. The van der Waals surface area contributed by atoms with Crippen molar-refractivity contribution in [1.29, 1.82) is 0 Å². The van der Waals surface area contributed by atoms with Gasteiger partial charge in [0.2, 0.25) is 0 Å². The smallest absolute Gasteiger partial charge is 0.331 e. The molecule has 1 aromatic carbocycles. The first kappa shape index (κ1) is 17.1. The van der Waals surface area contributed by atoms with Crippen molar-refractivity contribution >= 4 is 22.7 Å². The Morgan fingerprint density at radius 2 is 1.87 bits per heavy atom. The highest BCUT2D eigenvalue weighted by atomic mass is 32.2. The molecule has 7 heteroatoms. The van der Waals surface area contributed by atoms with E-state index in [1.165, 1.54) is 49.4 Å². The number of aliphatic carboxylic acids is 2. The summed E-state index contributed by atoms with van der Waals surface area (Å²) in [6.45, 7) is 1.43. The molecular weight excluding hydrogens is 323 g/mol. The Bertz CT molecular complexity index is 722. The van der Waals surface area contributed by atoms with E-state index in [1.807, 2.05) is 0 Å². The number of carboxylic acids is 2. The molecule has 122 valence electrons. The van der Waals surface area contributed by atoms with Crippen LogP contribution in [0.5, 0.6) is 0 Å². The molecule has 0 amide bonds. The molecule has 2 unspecified atom stereocenters. The van der Waals surface area contributed by atoms with Gasteiger partial charge in [-0.2, -0.15) is 0 Å². The number of hydrogen-bond acceptors (Lipinski definition) is 3. The monoisotopic (exact) mass is 338 g/mol. The maximum absolute atomic E-state index is 12.9. The van der Waals surface area contributed by atoms with Crippen molar-refractivity contribution in [2.45, 2.75) is 17.4 Å². The molecule has 0 fully saturated rings. The molecule has 0 aromatic heterocycles. The molecule has 2 N–H and O–H groups in total. The van der Waals surface area contributed by atoms with Crippen LogP contribution in [0.4, 0.5) is 4.39 Å². The van der Waals surface area contributed by atoms with Crippen LogP contribution in [-0.2, 0) is 26.1 Å². The normalized spacial score (nSPS) is 24.8. The summed E-state index contributed by atoms with van der Waals surface area (Å²) >= 11 is 0. The van der Waals surface area contributed by atoms with Gasteiger partial charge in [0.25, 0.3) is 0 Å². The van der Waals surface area contributed by atoms with Crippen molar-refractivity contribution in [3.8, 4) is 0 Å². The molecule has 0 saturated heterocycles. The molecule has 0 radical (unpaired) electrons. The highest BCUT2D eigenvalue weighted by molar-refractivity contribution is 7.86. The van der Waals surface area contributed by atoms with Crippen molar-refractivity contribution in [1.82, 2.24) is 0 Å². The third kappa shape index (κ3) is 3.10. The maximum atomic E-state index is 12.9. The lowest BCUT2D eigenvalue weighted by Gasteiger charge is -2.34. The Morgan fingerprint density at radius 1 is 1.26 bits per heavy atom. The van der Waals surface area contributed by atoms with Gasteiger partial charge in [-0.25, -0.2) is 9.18 Å². The van der Waals surface area contributed by atoms with Gasteiger partial charge in [-0.3, -0.25) is 9.00 Å². The fraction of sp³-hybridized carbons (Fsp3) is 0.250. The summed E-state index contributed by atoms with van der Waals surface area (Å²) in [5.41, 5.74) is 0.403. The SMILES string of the molecule is CC1C(C(=O)O)=CC=C[C@@]1(C(=O)O)S(=O)Cc1ccc(F)cc1. The van der Waals surface area contributed by atoms with Gasteiger partial charge in [-0.1, -0.05) is 37.3 Å². The first-order chi connectivity index (χ1) is 10.8. The van der Waals surface area contributed by atoms with Crippen LogP contribution in [0.3, 0.4) is 0 Å². The highest BCUT2D eigenvalue weighted by Crippen LogP contribution is 2.37. The van der Waals surface area contributed by atoms with Gasteiger partial charge < -0.3 is 10.2 Å². The average molecular weight is 338 g/mol. The minimum absolute atomic E-state index is 0.109. The van der Waals surface area contributed by atoms with E-state index in [-0.39, 0.29) is 11.3 Å². The van der Waals surface area contributed by atoms with E-state index < -0.39 is 39.2 Å². The molecule has 0 aliphatic heterocycles. The molecule has 0 spiro atoms. The zero-order valence-corrected chi connectivity index (χ0v) is 13.0. The van der Waals surface area contributed by atoms with Gasteiger partial charge in [0, 0.05) is 22.3 Å². The summed E-state index contributed by atoms with van der Waals surface area (Å²) < 4.78 is 23.9. The van der Waals surface area contributed by atoms with Crippen LogP contribution >= 0.6 is 0 Å². The largest absolute Gasteiger partial charge is 0.480 e. The summed E-state index contributed by atoms with van der Waals surface area (Å²) in [6, 6.07) is 5.24. The molecule has 0 saturated carbocycles. The number of rotatable bonds is 5. The van der Waals surface area contributed by atoms with Crippen LogP contribution < -0.4 is 0 Å². The lowest BCUT2D eigenvalue weighted by Crippen LogP contribution is -2.50. The molecule has 5 nitrogen and oxygen atoms in total. The van der Waals surface area contributed by atoms with Crippen molar-refractivity contribution in [2.24, 2.45) is 5.92 Å². The van der Waals surface area contributed by atoms with Crippen LogP contribution in [0.15, 0.2) is 48.1 Å². The Hall–Kier alpha value is -2.28. The van der Waals surface area contributed by atoms with Crippen molar-refractivity contribution in [2.75, 3.05) is 0 Å². The van der Waals surface area contributed by atoms with Gasteiger partial charge in [-0.15, -0.1) is 0 Å². The minimum Gasteiger partial charge on any atom is -0.480 e. The fourth-order valence-corrected chi connectivity index (χ4v) is 4.23. The van der Waals surface area contributed by atoms with E-state index in [4.69, 9.17) is 0 Å². The minimum atomic E-state index is -1.93. The quantitative estimate of drug-likeness (QED) is 0.858. The number of allylic oxidation sites excluding steroid dienone is 2. The lowest BCUT2D eigenvalue weighted by molar-refractivity contribution is -0.139. The van der Waals surface area contributed by atoms with E-state index in [1.54, 1.807) is 0 Å². The first-order valence-corrected chi connectivity index (χ1v) is 8.10. The summed E-state index contributed by atoms with van der Waals surface area (Å²) in [7, 11) is -1.93. The third-order valence-corrected chi connectivity index (χ3v) is 5.91. The first-order valence-electron chi connectivity index (χ1n) is 6.78. The van der Waals surface area contributed by atoms with Crippen LogP contribution in [0, 0.1) is 11.7 Å². The molecule has 3 atom stereocenters. The summed E-state index contributed by atoms with van der Waals surface area (Å²) in [5.74, 6) is -4.13. The standard InChI is InChI=1S/C16H15FO5S/c1-10-13(14(18)19)3-2-8-16(10,15(20)21)23(22)9-11-4-6-12(17)7-5-11/h2-8,10H,9H2,1H3,(H,18,19)(H,20,21)/t10?,16-,23?/m1/s1. The van der Waals surface area contributed by atoms with E-state index >= 15 is 0 Å². The van der Waals surface area contributed by atoms with E-state index in [9.17, 15) is 28.4 Å². The van der Waals surface area contributed by atoms with E-state index in [0.717, 1.165) is 0 Å². The second-order valence-electron chi connectivity index (χ2n) is 5.22. The Labute approximate surface area is 134 Å². The van der Waals surface area contributed by atoms with E-state index in [2.05, 4.69) is 0 Å². The van der Waals surface area contributed by atoms with Crippen molar-refractivity contribution in [3.63, 3.8) is 0 Å². The summed E-state index contributed by atoms with van der Waals surface area (Å²) in [6.07, 6.45) is 3.88. The number of carbonyl (C=O) groups is 2. The molecule has 23 heavy (non-hydrogen) atoms. The zero-order chi connectivity index (χ0) is 17.2. The average Bonchev–Trinajstić information content (AvgIpc) is 2.49. The number of hydrogen-bond donors (Lipinski definition) is 2. The third-order valence-electron chi connectivity index (χ3n) is 3.90. The number of benzene rings is 1.